The lowest BCUT2D eigenvalue weighted by Gasteiger charge is -2.41. The van der Waals surface area contributed by atoms with E-state index < -0.39 is 0 Å². The molecule has 4 atom stereocenters. The van der Waals surface area contributed by atoms with E-state index in [0.29, 0.717) is 23.7 Å². The zero-order chi connectivity index (χ0) is 12.7. The Morgan fingerprint density at radius 1 is 1.22 bits per heavy atom. The molecule has 3 aliphatic carbocycles. The minimum absolute atomic E-state index is 0.114. The first kappa shape index (κ1) is 11.2. The molecule has 18 heavy (non-hydrogen) atoms. The van der Waals surface area contributed by atoms with Crippen molar-refractivity contribution in [1.29, 1.82) is 0 Å². The number of hydrogen-bond acceptors (Lipinski definition) is 2. The molecule has 98 valence electrons. The summed E-state index contributed by atoms with van der Waals surface area (Å²) in [6.45, 7) is 7.28. The molecule has 0 unspecified atom stereocenters. The molecular weight excluding hydrogens is 224 g/mol. The zero-order valence-electron chi connectivity index (χ0n) is 11.6. The van der Waals surface area contributed by atoms with Crippen LogP contribution in [0.5, 0.6) is 0 Å². The number of rotatable bonds is 0. The van der Waals surface area contributed by atoms with Crippen LogP contribution in [0.4, 0.5) is 0 Å². The molecular formula is C16H22O2. The highest BCUT2D eigenvalue weighted by Crippen LogP contribution is 2.71. The Bertz CT molecular complexity index is 473. The number of ether oxygens (including phenoxy) is 1. The molecule has 0 amide bonds. The normalized spacial score (nSPS) is 48.6. The molecule has 2 nitrogen and oxygen atoms in total. The van der Waals surface area contributed by atoms with Crippen LogP contribution in [0.3, 0.4) is 0 Å². The Balaban J connectivity index is 2.02. The third kappa shape index (κ3) is 0.932. The Kier molecular flexibility index (Phi) is 1.93. The summed E-state index contributed by atoms with van der Waals surface area (Å²) in [6.07, 6.45) is 5.17. The fourth-order valence-electron chi connectivity index (χ4n) is 5.66. The van der Waals surface area contributed by atoms with E-state index in [2.05, 4.69) is 20.8 Å². The van der Waals surface area contributed by atoms with Gasteiger partial charge in [-0.2, -0.15) is 0 Å². The fourth-order valence-corrected chi connectivity index (χ4v) is 5.66. The van der Waals surface area contributed by atoms with Gasteiger partial charge in [-0.3, -0.25) is 4.79 Å². The standard InChI is InChI=1S/C16H22O2/c1-9-4-5-10-6-7-12-16(10)11(8-18-12)15(2,3)14(17)13(9)16/h10-12H,4-8H2,1-3H3/t10-,11-,12-,16+/m1/s1. The van der Waals surface area contributed by atoms with Gasteiger partial charge in [-0.05, 0) is 38.5 Å². The van der Waals surface area contributed by atoms with Crippen molar-refractivity contribution < 1.29 is 9.53 Å². The van der Waals surface area contributed by atoms with E-state index >= 15 is 0 Å². The van der Waals surface area contributed by atoms with Gasteiger partial charge in [0.15, 0.2) is 5.78 Å². The van der Waals surface area contributed by atoms with E-state index in [1.807, 2.05) is 0 Å². The van der Waals surface area contributed by atoms with E-state index in [9.17, 15) is 4.79 Å². The summed E-state index contributed by atoms with van der Waals surface area (Å²) >= 11 is 0. The molecule has 0 aromatic rings. The molecule has 0 aromatic carbocycles. The molecule has 2 saturated carbocycles. The largest absolute Gasteiger partial charge is 0.377 e. The number of carbonyl (C=O) groups is 1. The second kappa shape index (κ2) is 3.09. The van der Waals surface area contributed by atoms with Crippen molar-refractivity contribution >= 4 is 5.78 Å². The van der Waals surface area contributed by atoms with Crippen LogP contribution in [0.1, 0.15) is 46.5 Å². The Morgan fingerprint density at radius 2 is 2.00 bits per heavy atom. The van der Waals surface area contributed by atoms with Gasteiger partial charge in [0.1, 0.15) is 0 Å². The molecule has 0 N–H and O–H groups in total. The average Bonchev–Trinajstić information content (AvgIpc) is 2.87. The quantitative estimate of drug-likeness (QED) is 0.656. The van der Waals surface area contributed by atoms with Gasteiger partial charge in [-0.15, -0.1) is 0 Å². The summed E-state index contributed by atoms with van der Waals surface area (Å²) in [5.41, 5.74) is 2.47. The van der Waals surface area contributed by atoms with Gasteiger partial charge in [0.2, 0.25) is 0 Å². The van der Waals surface area contributed by atoms with Gasteiger partial charge in [-0.25, -0.2) is 0 Å². The topological polar surface area (TPSA) is 26.3 Å². The van der Waals surface area contributed by atoms with Crippen LogP contribution in [0.25, 0.3) is 0 Å². The average molecular weight is 246 g/mol. The maximum atomic E-state index is 12.9. The number of carbonyl (C=O) groups excluding carboxylic acids is 1. The third-order valence-corrected chi connectivity index (χ3v) is 6.44. The lowest BCUT2D eigenvalue weighted by atomic mass is 9.61. The Hall–Kier alpha value is -0.630. The van der Waals surface area contributed by atoms with Crippen molar-refractivity contribution in [3.63, 3.8) is 0 Å². The van der Waals surface area contributed by atoms with Crippen LogP contribution < -0.4 is 0 Å². The molecule has 4 rings (SSSR count). The molecule has 2 heteroatoms. The molecule has 1 aliphatic heterocycles. The minimum Gasteiger partial charge on any atom is -0.377 e. The highest BCUT2D eigenvalue weighted by Gasteiger charge is 2.72. The monoisotopic (exact) mass is 246 g/mol. The van der Waals surface area contributed by atoms with Gasteiger partial charge >= 0.3 is 0 Å². The maximum Gasteiger partial charge on any atom is 0.165 e. The molecule has 3 fully saturated rings. The lowest BCUT2D eigenvalue weighted by molar-refractivity contribution is -0.123. The number of Topliss-reactive ketones (excluding diaryl/α,β-unsaturated/α-hetero) is 1. The van der Waals surface area contributed by atoms with Crippen LogP contribution >= 0.6 is 0 Å². The molecule has 1 saturated heterocycles. The summed E-state index contributed by atoms with van der Waals surface area (Å²) in [6, 6.07) is 0. The summed E-state index contributed by atoms with van der Waals surface area (Å²) in [7, 11) is 0. The summed E-state index contributed by atoms with van der Waals surface area (Å²) < 4.78 is 6.12. The van der Waals surface area contributed by atoms with Crippen molar-refractivity contribution in [2.45, 2.75) is 52.6 Å². The summed E-state index contributed by atoms with van der Waals surface area (Å²) in [5.74, 6) is 1.57. The Labute approximate surface area is 109 Å². The van der Waals surface area contributed by atoms with Crippen LogP contribution in [0, 0.1) is 22.7 Å². The van der Waals surface area contributed by atoms with Crippen molar-refractivity contribution in [3.05, 3.63) is 11.1 Å². The van der Waals surface area contributed by atoms with Crippen LogP contribution in [0.2, 0.25) is 0 Å². The molecule has 4 aliphatic rings. The van der Waals surface area contributed by atoms with Gasteiger partial charge < -0.3 is 4.74 Å². The van der Waals surface area contributed by atoms with E-state index in [1.165, 1.54) is 30.4 Å². The smallest absolute Gasteiger partial charge is 0.165 e. The van der Waals surface area contributed by atoms with E-state index in [0.717, 1.165) is 13.0 Å². The van der Waals surface area contributed by atoms with Crippen LogP contribution in [-0.4, -0.2) is 18.5 Å². The molecule has 0 bridgehead atoms. The molecule has 0 radical (unpaired) electrons. The number of ketones is 1. The SMILES string of the molecule is CC1=C2C(=O)C(C)(C)[C@H]3CO[C@@H]4CC[C@@H](CC1)[C@]234. The molecule has 1 spiro atoms. The van der Waals surface area contributed by atoms with Gasteiger partial charge in [0, 0.05) is 22.3 Å². The van der Waals surface area contributed by atoms with Gasteiger partial charge in [0.25, 0.3) is 0 Å². The molecule has 1 heterocycles. The lowest BCUT2D eigenvalue weighted by Crippen LogP contribution is -2.40. The fraction of sp³-hybridized carbons (Fsp3) is 0.812. The second-order valence-corrected chi connectivity index (χ2v) is 7.33. The summed E-state index contributed by atoms with van der Waals surface area (Å²) in [5, 5.41) is 0. The predicted octanol–water partition coefficient (Wildman–Crippen LogP) is 3.12. The van der Waals surface area contributed by atoms with Crippen molar-refractivity contribution in [2.24, 2.45) is 22.7 Å². The van der Waals surface area contributed by atoms with Crippen molar-refractivity contribution in [2.75, 3.05) is 6.61 Å². The van der Waals surface area contributed by atoms with E-state index in [4.69, 9.17) is 4.74 Å². The number of hydrogen-bond donors (Lipinski definition) is 0. The third-order valence-electron chi connectivity index (χ3n) is 6.44. The highest BCUT2D eigenvalue weighted by atomic mass is 16.5. The van der Waals surface area contributed by atoms with Crippen molar-refractivity contribution in [1.82, 2.24) is 0 Å². The summed E-state index contributed by atoms with van der Waals surface area (Å²) in [4.78, 5) is 12.9. The van der Waals surface area contributed by atoms with E-state index in [-0.39, 0.29) is 10.8 Å². The van der Waals surface area contributed by atoms with Crippen LogP contribution in [0.15, 0.2) is 11.1 Å². The zero-order valence-corrected chi connectivity index (χ0v) is 11.6. The van der Waals surface area contributed by atoms with Crippen molar-refractivity contribution in [3.8, 4) is 0 Å². The number of allylic oxidation sites excluding steroid dienone is 1. The maximum absolute atomic E-state index is 12.9. The first-order valence-electron chi connectivity index (χ1n) is 7.37. The first-order valence-corrected chi connectivity index (χ1v) is 7.37. The van der Waals surface area contributed by atoms with Gasteiger partial charge in [0.05, 0.1) is 12.7 Å². The minimum atomic E-state index is -0.210. The predicted molar refractivity (Wildman–Crippen MR) is 69.1 cm³/mol. The first-order chi connectivity index (χ1) is 8.50. The second-order valence-electron chi connectivity index (χ2n) is 7.33. The van der Waals surface area contributed by atoms with Crippen LogP contribution in [-0.2, 0) is 9.53 Å². The van der Waals surface area contributed by atoms with Gasteiger partial charge in [-0.1, -0.05) is 19.4 Å². The molecule has 0 aromatic heterocycles. The Morgan fingerprint density at radius 3 is 2.78 bits per heavy atom. The highest BCUT2D eigenvalue weighted by molar-refractivity contribution is 6.05. The van der Waals surface area contributed by atoms with E-state index in [1.54, 1.807) is 0 Å².